The van der Waals surface area contributed by atoms with Crippen molar-refractivity contribution in [3.8, 4) is 5.75 Å². The zero-order chi connectivity index (χ0) is 31.3. The summed E-state index contributed by atoms with van der Waals surface area (Å²) < 4.78 is 20.9. The highest BCUT2D eigenvalue weighted by molar-refractivity contribution is 5.93. The van der Waals surface area contributed by atoms with Gasteiger partial charge in [0.25, 0.3) is 5.91 Å². The van der Waals surface area contributed by atoms with Crippen molar-refractivity contribution in [2.45, 2.75) is 32.7 Å². The van der Waals surface area contributed by atoms with Crippen molar-refractivity contribution in [3.63, 3.8) is 0 Å². The second-order valence-electron chi connectivity index (χ2n) is 8.03. The number of aliphatic hydroxyl groups is 1. The van der Waals surface area contributed by atoms with Gasteiger partial charge in [0.05, 0.1) is 57.9 Å². The number of carbonyl (C=O) groups excluding carboxylic acids is 5. The van der Waals surface area contributed by atoms with E-state index in [0.29, 0.717) is 71.6 Å². The minimum Gasteiger partial charge on any atom is -0.483 e. The number of nitrogens with one attached hydrogen (secondary N) is 2. The number of benzene rings is 1. The van der Waals surface area contributed by atoms with Gasteiger partial charge in [-0.15, -0.1) is 0 Å². The van der Waals surface area contributed by atoms with Crippen LogP contribution in [0.25, 0.3) is 0 Å². The lowest BCUT2D eigenvalue weighted by atomic mass is 10.1. The molecular weight excluding hydrogens is 538 g/mol. The van der Waals surface area contributed by atoms with Crippen molar-refractivity contribution in [1.29, 1.82) is 0 Å². The first-order valence-electron chi connectivity index (χ1n) is 13.4. The molecule has 1 unspecified atom stereocenters. The maximum absolute atomic E-state index is 11.7. The Hall–Kier alpha value is -3.23. The van der Waals surface area contributed by atoms with Gasteiger partial charge in [0.1, 0.15) is 12.0 Å². The number of nitrogens with zero attached hydrogens (tertiary/aromatic N) is 1. The lowest BCUT2D eigenvalue weighted by Gasteiger charge is -2.21. The third kappa shape index (κ3) is 20.3. The van der Waals surface area contributed by atoms with E-state index in [4.69, 9.17) is 24.1 Å². The monoisotopic (exact) mass is 585 g/mol. The summed E-state index contributed by atoms with van der Waals surface area (Å²) in [7, 11) is 5.25. The number of rotatable bonds is 21. The van der Waals surface area contributed by atoms with E-state index in [9.17, 15) is 24.0 Å². The molecule has 1 atom stereocenters. The molecule has 0 heterocycles. The second kappa shape index (κ2) is 28.3. The first-order valence-corrected chi connectivity index (χ1v) is 13.4. The summed E-state index contributed by atoms with van der Waals surface area (Å²) in [6.07, 6.45) is 2.91. The minimum atomic E-state index is -0.371. The quantitative estimate of drug-likeness (QED) is 0.136. The van der Waals surface area contributed by atoms with Gasteiger partial charge in [-0.3, -0.25) is 24.1 Å². The Labute approximate surface area is 242 Å². The predicted molar refractivity (Wildman–Crippen MR) is 153 cm³/mol. The largest absolute Gasteiger partial charge is 0.483 e. The summed E-state index contributed by atoms with van der Waals surface area (Å²) in [5.74, 6) is -0.229. The van der Waals surface area contributed by atoms with Crippen LogP contribution < -0.4 is 15.4 Å². The number of aliphatic hydroxyl groups excluding tert-OH is 1. The number of ether oxygens (including phenoxy) is 4. The zero-order valence-corrected chi connectivity index (χ0v) is 24.9. The summed E-state index contributed by atoms with van der Waals surface area (Å²) in [4.78, 5) is 56.7. The van der Waals surface area contributed by atoms with E-state index in [1.54, 1.807) is 13.1 Å². The van der Waals surface area contributed by atoms with Gasteiger partial charge in [-0.1, -0.05) is 26.0 Å². The molecule has 13 heteroatoms. The van der Waals surface area contributed by atoms with Crippen LogP contribution in [0, 0.1) is 0 Å². The maximum atomic E-state index is 11.7. The number of likely N-dealkylation sites (N-methyl/N-ethyl adjacent to an activating group) is 2. The van der Waals surface area contributed by atoms with Crippen LogP contribution in [0.3, 0.4) is 0 Å². The number of aldehydes is 3. The van der Waals surface area contributed by atoms with Crippen molar-refractivity contribution in [3.05, 3.63) is 29.3 Å². The van der Waals surface area contributed by atoms with Gasteiger partial charge in [0.15, 0.2) is 19.2 Å². The molecule has 0 aliphatic rings. The molecule has 0 aliphatic heterocycles. The Balaban J connectivity index is 0. The maximum Gasteiger partial charge on any atom is 0.258 e. The number of hydrogen-bond donors (Lipinski definition) is 3. The van der Waals surface area contributed by atoms with E-state index in [0.717, 1.165) is 6.29 Å². The topological polar surface area (TPSA) is 170 Å². The van der Waals surface area contributed by atoms with Crippen molar-refractivity contribution < 1.29 is 48.0 Å². The summed E-state index contributed by atoms with van der Waals surface area (Å²) in [6.45, 7) is 6.25. The molecule has 0 spiro atoms. The number of carbonyl (C=O) groups is 5. The number of hydrogen-bond acceptors (Lipinski definition) is 11. The normalized spacial score (nSPS) is 10.7. The molecule has 0 aromatic heterocycles. The molecule has 1 rings (SSSR count). The average Bonchev–Trinajstić information content (AvgIpc) is 2.99. The van der Waals surface area contributed by atoms with E-state index in [-0.39, 0.29) is 47.9 Å². The van der Waals surface area contributed by atoms with Gasteiger partial charge in [-0.05, 0) is 26.6 Å². The predicted octanol–water partition coefficient (Wildman–Crippen LogP) is 0.517. The standard InChI is InChI=1S/C18H25NO8.C8H16N2O2.C2H6/c20-5-7-25-9-11-26-10-8-24-6-4-19-18(23)14-27-17-3-1-2-15(12-21)16(17)13-22;1-9-8(12)7(10(2)3)5-4-6-11;1-2/h1-3,12-13,20H,4-11,14H2,(H,19,23);6-7H,4-5H2,1-3H3,(H,9,12);1-2H3. The molecule has 41 heavy (non-hydrogen) atoms. The van der Waals surface area contributed by atoms with Gasteiger partial charge >= 0.3 is 0 Å². The highest BCUT2D eigenvalue weighted by Crippen LogP contribution is 2.19. The Morgan fingerprint density at radius 1 is 0.951 bits per heavy atom. The van der Waals surface area contributed by atoms with Crippen molar-refractivity contribution in [2.75, 3.05) is 80.5 Å². The fourth-order valence-corrected chi connectivity index (χ4v) is 3.00. The third-order valence-corrected chi connectivity index (χ3v) is 4.98. The average molecular weight is 586 g/mol. The second-order valence-corrected chi connectivity index (χ2v) is 8.03. The van der Waals surface area contributed by atoms with Gasteiger partial charge < -0.3 is 39.5 Å². The van der Waals surface area contributed by atoms with Crippen LogP contribution in [0.15, 0.2) is 18.2 Å². The first kappa shape index (κ1) is 39.9. The molecular formula is C28H47N3O10. The Morgan fingerprint density at radius 3 is 2.07 bits per heavy atom. The van der Waals surface area contributed by atoms with Crippen LogP contribution in [-0.2, 0) is 28.6 Å². The summed E-state index contributed by atoms with van der Waals surface area (Å²) in [5, 5.41) is 13.7. The van der Waals surface area contributed by atoms with Gasteiger partial charge in [-0.25, -0.2) is 0 Å². The van der Waals surface area contributed by atoms with Crippen LogP contribution in [0.2, 0.25) is 0 Å². The minimum absolute atomic E-state index is 0.0107. The molecule has 13 nitrogen and oxygen atoms in total. The highest BCUT2D eigenvalue weighted by Gasteiger charge is 2.18. The zero-order valence-electron chi connectivity index (χ0n) is 24.9. The molecule has 1 aromatic carbocycles. The van der Waals surface area contributed by atoms with E-state index in [1.165, 1.54) is 12.1 Å². The van der Waals surface area contributed by atoms with Crippen LogP contribution >= 0.6 is 0 Å². The highest BCUT2D eigenvalue weighted by atomic mass is 16.5. The van der Waals surface area contributed by atoms with Crippen LogP contribution in [0.1, 0.15) is 47.4 Å². The van der Waals surface area contributed by atoms with Crippen LogP contribution in [0.5, 0.6) is 5.75 Å². The molecule has 3 N–H and O–H groups in total. The lowest BCUT2D eigenvalue weighted by Crippen LogP contribution is -2.42. The van der Waals surface area contributed by atoms with E-state index < -0.39 is 0 Å². The van der Waals surface area contributed by atoms with E-state index in [1.807, 2.05) is 32.8 Å². The molecule has 0 saturated heterocycles. The summed E-state index contributed by atoms with van der Waals surface area (Å²) in [6, 6.07) is 4.38. The van der Waals surface area contributed by atoms with Gasteiger partial charge in [-0.2, -0.15) is 0 Å². The van der Waals surface area contributed by atoms with E-state index in [2.05, 4.69) is 10.6 Å². The third-order valence-electron chi connectivity index (χ3n) is 4.98. The van der Waals surface area contributed by atoms with Gasteiger partial charge in [0, 0.05) is 25.6 Å². The summed E-state index contributed by atoms with van der Waals surface area (Å²) >= 11 is 0. The SMILES string of the molecule is CC.CNC(=O)C(CCC=O)N(C)C.O=Cc1cccc(OCC(=O)NCCOCCOCCOCCO)c1C=O. The summed E-state index contributed by atoms with van der Waals surface area (Å²) in [5.41, 5.74) is 0.323. The lowest BCUT2D eigenvalue weighted by molar-refractivity contribution is -0.125. The van der Waals surface area contributed by atoms with Crippen molar-refractivity contribution in [2.24, 2.45) is 0 Å². The molecule has 0 aliphatic carbocycles. The first-order chi connectivity index (χ1) is 19.9. The molecule has 234 valence electrons. The van der Waals surface area contributed by atoms with Crippen molar-refractivity contribution >= 4 is 30.7 Å². The molecule has 2 amide bonds. The van der Waals surface area contributed by atoms with Crippen LogP contribution in [-0.4, -0.2) is 127 Å². The molecule has 0 saturated carbocycles. The van der Waals surface area contributed by atoms with Crippen molar-refractivity contribution in [1.82, 2.24) is 15.5 Å². The molecule has 0 radical (unpaired) electrons. The molecule has 0 fully saturated rings. The fourth-order valence-electron chi connectivity index (χ4n) is 3.00. The fraction of sp³-hybridized carbons (Fsp3) is 0.607. The number of amides is 2. The van der Waals surface area contributed by atoms with Crippen LogP contribution in [0.4, 0.5) is 0 Å². The Bertz CT molecular complexity index is 852. The molecule has 1 aromatic rings. The van der Waals surface area contributed by atoms with Gasteiger partial charge in [0.2, 0.25) is 5.91 Å². The van der Waals surface area contributed by atoms with E-state index >= 15 is 0 Å². The Morgan fingerprint density at radius 2 is 1.56 bits per heavy atom. The Kier molecular flexibility index (Phi) is 27.6. The smallest absolute Gasteiger partial charge is 0.258 e. The molecule has 0 bridgehead atoms.